The molecule has 0 aliphatic carbocycles. The summed E-state index contributed by atoms with van der Waals surface area (Å²) in [6.45, 7) is 1.72. The Hall–Kier alpha value is -3.02. The number of aromatic amines is 1. The molecule has 0 spiro atoms. The summed E-state index contributed by atoms with van der Waals surface area (Å²) in [7, 11) is 1.85. The third-order valence-electron chi connectivity index (χ3n) is 3.91. The number of aryl methyl sites for hydroxylation is 1. The van der Waals surface area contributed by atoms with Crippen LogP contribution in [0.3, 0.4) is 0 Å². The number of carbonyl (C=O) groups is 1. The van der Waals surface area contributed by atoms with Crippen molar-refractivity contribution < 1.29 is 9.53 Å². The van der Waals surface area contributed by atoms with Gasteiger partial charge < -0.3 is 19.6 Å². The highest BCUT2D eigenvalue weighted by molar-refractivity contribution is 6.01. The Bertz CT molecular complexity index is 940. The molecule has 3 aromatic rings. The molecule has 2 aromatic heterocycles. The predicted octanol–water partition coefficient (Wildman–Crippen LogP) is 2.45. The van der Waals surface area contributed by atoms with Crippen LogP contribution < -0.4 is 15.5 Å². The molecule has 0 bridgehead atoms. The number of pyridine rings is 1. The van der Waals surface area contributed by atoms with E-state index >= 15 is 0 Å². The summed E-state index contributed by atoms with van der Waals surface area (Å²) in [6.07, 6.45) is 4.16. The average Bonchev–Trinajstić information content (AvgIpc) is 3.05. The third kappa shape index (κ3) is 3.03. The zero-order chi connectivity index (χ0) is 17.1. The molecule has 24 heavy (non-hydrogen) atoms. The fourth-order valence-electron chi connectivity index (χ4n) is 2.73. The number of benzene rings is 1. The van der Waals surface area contributed by atoms with Crippen LogP contribution >= 0.6 is 0 Å². The van der Waals surface area contributed by atoms with Crippen LogP contribution in [-0.2, 0) is 18.3 Å². The molecule has 0 atom stereocenters. The van der Waals surface area contributed by atoms with Crippen molar-refractivity contribution in [2.75, 3.05) is 11.9 Å². The summed E-state index contributed by atoms with van der Waals surface area (Å²) in [4.78, 5) is 27.3. The first-order chi connectivity index (χ1) is 11.6. The van der Waals surface area contributed by atoms with Gasteiger partial charge in [-0.3, -0.25) is 9.59 Å². The predicted molar refractivity (Wildman–Crippen MR) is 93.5 cm³/mol. The van der Waals surface area contributed by atoms with Gasteiger partial charge in [-0.15, -0.1) is 0 Å². The number of amides is 1. The third-order valence-corrected chi connectivity index (χ3v) is 3.91. The molecule has 6 nitrogen and oxygen atoms in total. The minimum absolute atomic E-state index is 0.215. The summed E-state index contributed by atoms with van der Waals surface area (Å²) >= 11 is 0. The van der Waals surface area contributed by atoms with Crippen molar-refractivity contribution in [2.45, 2.75) is 13.3 Å². The van der Waals surface area contributed by atoms with Crippen LogP contribution in [0.1, 0.15) is 12.6 Å². The van der Waals surface area contributed by atoms with Crippen molar-refractivity contribution in [2.24, 2.45) is 7.05 Å². The molecule has 0 fully saturated rings. The van der Waals surface area contributed by atoms with Gasteiger partial charge in [0, 0.05) is 36.4 Å². The van der Waals surface area contributed by atoms with Gasteiger partial charge in [0.1, 0.15) is 0 Å². The van der Waals surface area contributed by atoms with Crippen molar-refractivity contribution in [1.82, 2.24) is 9.55 Å². The van der Waals surface area contributed by atoms with E-state index in [2.05, 4.69) is 10.3 Å². The smallest absolute Gasteiger partial charge is 0.262 e. The van der Waals surface area contributed by atoms with E-state index < -0.39 is 0 Å². The number of nitrogens with one attached hydrogen (secondary N) is 2. The Morgan fingerprint density at radius 3 is 2.92 bits per heavy atom. The number of ether oxygens (including phenoxy) is 1. The lowest BCUT2D eigenvalue weighted by atomic mass is 10.2. The lowest BCUT2D eigenvalue weighted by Gasteiger charge is -2.13. The number of hydrogen-bond acceptors (Lipinski definition) is 3. The highest BCUT2D eigenvalue weighted by Gasteiger charge is 2.12. The van der Waals surface area contributed by atoms with Crippen LogP contribution in [0, 0.1) is 0 Å². The van der Waals surface area contributed by atoms with E-state index in [-0.39, 0.29) is 23.7 Å². The maximum absolute atomic E-state index is 12.2. The van der Waals surface area contributed by atoms with E-state index in [4.69, 9.17) is 4.74 Å². The Morgan fingerprint density at radius 2 is 2.12 bits per heavy atom. The molecule has 0 saturated heterocycles. The molecule has 1 aromatic carbocycles. The fraction of sp³-hybridized carbons (Fsp3) is 0.222. The quantitative estimate of drug-likeness (QED) is 0.756. The van der Waals surface area contributed by atoms with Crippen molar-refractivity contribution in [3.63, 3.8) is 0 Å². The Balaban J connectivity index is 1.74. The van der Waals surface area contributed by atoms with Gasteiger partial charge >= 0.3 is 0 Å². The molecule has 0 aliphatic rings. The molecular weight excluding hydrogens is 306 g/mol. The van der Waals surface area contributed by atoms with Crippen LogP contribution in [0.2, 0.25) is 0 Å². The second-order valence-electron chi connectivity index (χ2n) is 5.50. The summed E-state index contributed by atoms with van der Waals surface area (Å²) in [5.74, 6) is -0.0748. The first kappa shape index (κ1) is 15.9. The monoisotopic (exact) mass is 325 g/mol. The van der Waals surface area contributed by atoms with Crippen molar-refractivity contribution in [3.05, 3.63) is 58.6 Å². The highest BCUT2D eigenvalue weighted by atomic mass is 16.5. The first-order valence-corrected chi connectivity index (χ1v) is 7.77. The van der Waals surface area contributed by atoms with E-state index in [1.165, 1.54) is 6.07 Å². The number of carbonyl (C=O) groups excluding carboxylic acids is 1. The Kier molecular flexibility index (Phi) is 4.37. The minimum Gasteiger partial charge on any atom is -0.478 e. The minimum atomic E-state index is -0.309. The van der Waals surface area contributed by atoms with Crippen molar-refractivity contribution >= 4 is 22.5 Å². The number of rotatable bonds is 5. The first-order valence-electron chi connectivity index (χ1n) is 7.77. The number of fused-ring (bicyclic) bond motifs is 1. The molecule has 0 saturated carbocycles. The van der Waals surface area contributed by atoms with Crippen LogP contribution in [-0.4, -0.2) is 22.1 Å². The molecular formula is C18H19N3O3. The summed E-state index contributed by atoms with van der Waals surface area (Å²) in [6, 6.07) is 8.95. The van der Waals surface area contributed by atoms with Crippen molar-refractivity contribution in [3.8, 4) is 5.75 Å². The van der Waals surface area contributed by atoms with E-state index in [9.17, 15) is 9.59 Å². The van der Waals surface area contributed by atoms with Gasteiger partial charge in [-0.1, -0.05) is 13.0 Å². The summed E-state index contributed by atoms with van der Waals surface area (Å²) in [5, 5.41) is 3.75. The Morgan fingerprint density at radius 1 is 1.29 bits per heavy atom. The van der Waals surface area contributed by atoms with Gasteiger partial charge in [0.25, 0.3) is 5.91 Å². The largest absolute Gasteiger partial charge is 0.478 e. The van der Waals surface area contributed by atoms with Gasteiger partial charge in [0.15, 0.2) is 12.4 Å². The van der Waals surface area contributed by atoms with Crippen molar-refractivity contribution in [1.29, 1.82) is 0 Å². The summed E-state index contributed by atoms with van der Waals surface area (Å²) < 4.78 is 7.34. The van der Waals surface area contributed by atoms with Gasteiger partial charge in [0.05, 0.1) is 11.4 Å². The average molecular weight is 325 g/mol. The van der Waals surface area contributed by atoms with Gasteiger partial charge in [-0.2, -0.15) is 0 Å². The van der Waals surface area contributed by atoms with Crippen LogP contribution in [0.4, 0.5) is 5.69 Å². The lowest BCUT2D eigenvalue weighted by Crippen LogP contribution is -2.24. The maximum Gasteiger partial charge on any atom is 0.262 e. The fourth-order valence-corrected chi connectivity index (χ4v) is 2.73. The molecule has 0 aliphatic heterocycles. The molecule has 1 amide bonds. The zero-order valence-corrected chi connectivity index (χ0v) is 13.6. The SMILES string of the molecule is CCc1c(OCC(=O)Nc2cccc3[nH]ccc23)c(=O)ccn1C. The molecule has 2 heterocycles. The normalized spacial score (nSPS) is 10.8. The standard InChI is InChI=1S/C18H19N3O3/c1-3-15-18(16(22)8-10-21(15)2)24-11-17(23)20-14-6-4-5-13-12(14)7-9-19-13/h4-10,19H,3,11H2,1-2H3,(H,20,23). The topological polar surface area (TPSA) is 76.1 Å². The maximum atomic E-state index is 12.2. The number of nitrogens with zero attached hydrogens (tertiary/aromatic N) is 1. The van der Waals surface area contributed by atoms with Gasteiger partial charge in [-0.25, -0.2) is 0 Å². The molecule has 0 radical (unpaired) electrons. The molecule has 2 N–H and O–H groups in total. The Labute approximate surface area is 139 Å². The van der Waals surface area contributed by atoms with E-state index in [0.717, 1.165) is 16.6 Å². The van der Waals surface area contributed by atoms with E-state index in [1.54, 1.807) is 6.20 Å². The van der Waals surface area contributed by atoms with E-state index in [0.29, 0.717) is 12.1 Å². The molecule has 3 rings (SSSR count). The van der Waals surface area contributed by atoms with Crippen LogP contribution in [0.25, 0.3) is 10.9 Å². The molecule has 0 unspecified atom stereocenters. The molecule has 124 valence electrons. The lowest BCUT2D eigenvalue weighted by molar-refractivity contribution is -0.118. The zero-order valence-electron chi connectivity index (χ0n) is 13.6. The second-order valence-corrected chi connectivity index (χ2v) is 5.50. The van der Waals surface area contributed by atoms with Crippen LogP contribution in [0.5, 0.6) is 5.75 Å². The van der Waals surface area contributed by atoms with Gasteiger partial charge in [-0.05, 0) is 24.6 Å². The van der Waals surface area contributed by atoms with Gasteiger partial charge in [0.2, 0.25) is 5.43 Å². The second kappa shape index (κ2) is 6.62. The number of hydrogen-bond donors (Lipinski definition) is 2. The summed E-state index contributed by atoms with van der Waals surface area (Å²) in [5.41, 5.74) is 2.20. The number of anilines is 1. The molecule has 6 heteroatoms. The highest BCUT2D eigenvalue weighted by Crippen LogP contribution is 2.22. The number of aromatic nitrogens is 2. The number of H-pyrrole nitrogens is 1. The van der Waals surface area contributed by atoms with Crippen LogP contribution in [0.15, 0.2) is 47.5 Å². The van der Waals surface area contributed by atoms with E-state index in [1.807, 2.05) is 49.0 Å².